The van der Waals surface area contributed by atoms with Crippen LogP contribution in [0, 0.1) is 5.82 Å². The Labute approximate surface area is 266 Å². The molecule has 0 atom stereocenters. The zero-order valence-corrected chi connectivity index (χ0v) is 26.2. The number of unbranched alkanes of at least 4 members (excludes halogenated alkanes) is 3. The molecule has 2 amide bonds. The standard InChI is InChI=1S/C33H38FN7O5/c1-4-5-6-9-18-46-33(44)39-31(35)24-20-23(12-13-25(24)34)37-21-29-38-26-19-22(11-14-27(26)40(29)2)32(43)41(17-15-30(42)45-3)28-10-7-8-16-36-28/h7-8,10-14,16,19-20,37H,4-6,9,15,17-18,21H2,1-3H3,(H2,35,39,44). The number of anilines is 2. The molecule has 12 nitrogen and oxygen atoms in total. The predicted molar refractivity (Wildman–Crippen MR) is 173 cm³/mol. The van der Waals surface area contributed by atoms with Gasteiger partial charge < -0.3 is 25.1 Å². The van der Waals surface area contributed by atoms with E-state index in [9.17, 15) is 18.8 Å². The van der Waals surface area contributed by atoms with Gasteiger partial charge in [-0.25, -0.2) is 19.2 Å². The predicted octanol–water partition coefficient (Wildman–Crippen LogP) is 5.35. The molecule has 0 radical (unpaired) electrons. The number of carbonyl (C=O) groups excluding carboxylic acids is 3. The van der Waals surface area contributed by atoms with Crippen molar-refractivity contribution in [3.63, 3.8) is 0 Å². The Morgan fingerprint density at radius 1 is 1.09 bits per heavy atom. The van der Waals surface area contributed by atoms with Gasteiger partial charge in [0.15, 0.2) is 0 Å². The first kappa shape index (κ1) is 33.6. The summed E-state index contributed by atoms with van der Waals surface area (Å²) in [7, 11) is 3.14. The summed E-state index contributed by atoms with van der Waals surface area (Å²) in [6.45, 7) is 2.66. The minimum atomic E-state index is -0.865. The molecule has 0 saturated carbocycles. The normalized spacial score (nSPS) is 11.3. The molecule has 2 aromatic heterocycles. The van der Waals surface area contributed by atoms with E-state index in [2.05, 4.69) is 22.2 Å². The quantitative estimate of drug-likeness (QED) is 0.0811. The van der Waals surface area contributed by atoms with Crippen molar-refractivity contribution in [2.45, 2.75) is 45.6 Å². The second kappa shape index (κ2) is 16.1. The Bertz CT molecular complexity index is 1710. The third-order valence-electron chi connectivity index (χ3n) is 7.29. The van der Waals surface area contributed by atoms with Crippen molar-refractivity contribution >= 4 is 46.3 Å². The zero-order chi connectivity index (χ0) is 33.1. The number of nitrogens with two attached hydrogens (primary N) is 1. The number of methoxy groups -OCH3 is 1. The van der Waals surface area contributed by atoms with Crippen LogP contribution < -0.4 is 16.0 Å². The number of aliphatic imine (C=N–C) groups is 1. The van der Waals surface area contributed by atoms with Crippen molar-refractivity contribution in [2.75, 3.05) is 30.5 Å². The van der Waals surface area contributed by atoms with Crippen molar-refractivity contribution in [2.24, 2.45) is 17.8 Å². The lowest BCUT2D eigenvalue weighted by Gasteiger charge is -2.21. The molecule has 0 saturated heterocycles. The number of nitrogens with one attached hydrogen (secondary N) is 1. The van der Waals surface area contributed by atoms with E-state index in [1.807, 2.05) is 11.6 Å². The number of amides is 2. The molecule has 0 aliphatic rings. The summed E-state index contributed by atoms with van der Waals surface area (Å²) in [4.78, 5) is 51.6. The Balaban J connectivity index is 1.47. The van der Waals surface area contributed by atoms with Crippen molar-refractivity contribution in [3.05, 3.63) is 83.6 Å². The highest BCUT2D eigenvalue weighted by atomic mass is 19.1. The number of ether oxygens (including phenoxy) is 2. The number of halogens is 1. The van der Waals surface area contributed by atoms with Crippen LogP contribution in [0.3, 0.4) is 0 Å². The summed E-state index contributed by atoms with van der Waals surface area (Å²) in [6, 6.07) is 14.6. The van der Waals surface area contributed by atoms with Crippen LogP contribution in [0.25, 0.3) is 11.0 Å². The second-order valence-corrected chi connectivity index (χ2v) is 10.5. The highest BCUT2D eigenvalue weighted by Gasteiger charge is 2.21. The molecule has 4 rings (SSSR count). The van der Waals surface area contributed by atoms with Gasteiger partial charge >= 0.3 is 12.1 Å². The molecule has 46 heavy (non-hydrogen) atoms. The zero-order valence-electron chi connectivity index (χ0n) is 26.2. The number of nitrogens with zero attached hydrogens (tertiary/aromatic N) is 5. The SMILES string of the molecule is CCCCCCOC(=O)/N=C(\N)c1cc(NCc2nc3cc(C(=O)N(CCC(=O)OC)c4ccccn4)ccc3n2C)ccc1F. The van der Waals surface area contributed by atoms with Crippen LogP contribution in [0.2, 0.25) is 0 Å². The highest BCUT2D eigenvalue weighted by molar-refractivity contribution is 6.07. The van der Waals surface area contributed by atoms with Gasteiger partial charge in [-0.05, 0) is 55.0 Å². The number of amidine groups is 1. The molecule has 4 aromatic rings. The fourth-order valence-corrected chi connectivity index (χ4v) is 4.73. The maximum Gasteiger partial charge on any atom is 0.435 e. The van der Waals surface area contributed by atoms with E-state index in [0.717, 1.165) is 31.2 Å². The third-order valence-corrected chi connectivity index (χ3v) is 7.29. The van der Waals surface area contributed by atoms with E-state index >= 15 is 0 Å². The number of hydrogen-bond acceptors (Lipinski definition) is 8. The van der Waals surface area contributed by atoms with Gasteiger partial charge in [0.25, 0.3) is 5.91 Å². The number of imidazole rings is 1. The summed E-state index contributed by atoms with van der Waals surface area (Å²) in [6.07, 6.45) is 4.50. The molecule has 0 bridgehead atoms. The summed E-state index contributed by atoms with van der Waals surface area (Å²) < 4.78 is 26.3. The minimum Gasteiger partial charge on any atom is -0.469 e. The first-order valence-corrected chi connectivity index (χ1v) is 15.0. The molecule has 0 aliphatic carbocycles. The molecule has 0 aliphatic heterocycles. The van der Waals surface area contributed by atoms with E-state index in [0.29, 0.717) is 28.4 Å². The van der Waals surface area contributed by atoms with Crippen LogP contribution >= 0.6 is 0 Å². The second-order valence-electron chi connectivity index (χ2n) is 10.5. The molecule has 2 heterocycles. The lowest BCUT2D eigenvalue weighted by molar-refractivity contribution is -0.140. The number of rotatable bonds is 14. The van der Waals surface area contributed by atoms with Crippen molar-refractivity contribution in [1.82, 2.24) is 14.5 Å². The maximum atomic E-state index is 14.6. The highest BCUT2D eigenvalue weighted by Crippen LogP contribution is 2.22. The molecule has 242 valence electrons. The van der Waals surface area contributed by atoms with E-state index in [1.165, 1.54) is 30.2 Å². The van der Waals surface area contributed by atoms with Crippen LogP contribution in [0.4, 0.5) is 20.7 Å². The number of pyridine rings is 1. The van der Waals surface area contributed by atoms with Gasteiger partial charge in [-0.2, -0.15) is 4.99 Å². The fraction of sp³-hybridized carbons (Fsp3) is 0.333. The van der Waals surface area contributed by atoms with Crippen LogP contribution in [0.15, 0.2) is 65.8 Å². The first-order chi connectivity index (χ1) is 22.2. The lowest BCUT2D eigenvalue weighted by atomic mass is 10.1. The van der Waals surface area contributed by atoms with Crippen LogP contribution in [-0.2, 0) is 27.9 Å². The molecule has 3 N–H and O–H groups in total. The van der Waals surface area contributed by atoms with Crippen LogP contribution in [0.5, 0.6) is 0 Å². The monoisotopic (exact) mass is 631 g/mol. The molecular weight excluding hydrogens is 593 g/mol. The van der Waals surface area contributed by atoms with Crippen LogP contribution in [-0.4, -0.2) is 58.6 Å². The van der Waals surface area contributed by atoms with Gasteiger partial charge in [0.1, 0.15) is 23.3 Å². The number of carbonyl (C=O) groups is 3. The van der Waals surface area contributed by atoms with E-state index in [4.69, 9.17) is 20.2 Å². The molecule has 0 unspecified atom stereocenters. The maximum absolute atomic E-state index is 14.6. The first-order valence-electron chi connectivity index (χ1n) is 15.0. The average molecular weight is 632 g/mol. The van der Waals surface area contributed by atoms with Gasteiger partial charge in [0.2, 0.25) is 0 Å². The average Bonchev–Trinajstić information content (AvgIpc) is 3.38. The summed E-state index contributed by atoms with van der Waals surface area (Å²) in [5.74, 6) is -0.643. The Kier molecular flexibility index (Phi) is 11.8. The van der Waals surface area contributed by atoms with Crippen molar-refractivity contribution in [3.8, 4) is 0 Å². The van der Waals surface area contributed by atoms with Gasteiger partial charge in [-0.15, -0.1) is 0 Å². The summed E-state index contributed by atoms with van der Waals surface area (Å²) >= 11 is 0. The number of hydrogen-bond donors (Lipinski definition) is 2. The Morgan fingerprint density at radius 3 is 2.65 bits per heavy atom. The number of aromatic nitrogens is 3. The Morgan fingerprint density at radius 2 is 1.91 bits per heavy atom. The van der Waals surface area contributed by atoms with Gasteiger partial charge in [0.05, 0.1) is 43.3 Å². The van der Waals surface area contributed by atoms with Crippen molar-refractivity contribution in [1.29, 1.82) is 0 Å². The van der Waals surface area contributed by atoms with Crippen molar-refractivity contribution < 1.29 is 28.2 Å². The smallest absolute Gasteiger partial charge is 0.435 e. The van der Waals surface area contributed by atoms with E-state index < -0.39 is 17.9 Å². The number of aryl methyl sites for hydroxylation is 1. The van der Waals surface area contributed by atoms with E-state index in [1.54, 1.807) is 42.6 Å². The summed E-state index contributed by atoms with van der Waals surface area (Å²) in [5.41, 5.74) is 8.19. The van der Waals surface area contributed by atoms with Gasteiger partial charge in [-0.3, -0.25) is 14.5 Å². The fourth-order valence-electron chi connectivity index (χ4n) is 4.73. The number of benzene rings is 2. The molecule has 2 aromatic carbocycles. The largest absolute Gasteiger partial charge is 0.469 e. The molecular formula is C33H38FN7O5. The Hall–Kier alpha value is -5.33. The number of fused-ring (bicyclic) bond motifs is 1. The van der Waals surface area contributed by atoms with Gasteiger partial charge in [-0.1, -0.05) is 32.3 Å². The topological polar surface area (TPSA) is 154 Å². The van der Waals surface area contributed by atoms with E-state index in [-0.39, 0.29) is 43.4 Å². The lowest BCUT2D eigenvalue weighted by Crippen LogP contribution is -2.33. The minimum absolute atomic E-state index is 0.00623. The molecule has 13 heteroatoms. The molecule has 0 fully saturated rings. The number of esters is 1. The third kappa shape index (κ3) is 8.65. The van der Waals surface area contributed by atoms with Gasteiger partial charge in [0, 0.05) is 31.0 Å². The molecule has 0 spiro atoms. The summed E-state index contributed by atoms with van der Waals surface area (Å²) in [5, 5.41) is 3.20. The van der Waals surface area contributed by atoms with Crippen LogP contribution in [0.1, 0.15) is 60.8 Å².